The molecule has 7 heteroatoms. The van der Waals surface area contributed by atoms with Crippen LogP contribution < -0.4 is 10.9 Å². The predicted molar refractivity (Wildman–Crippen MR) is 81.1 cm³/mol. The summed E-state index contributed by atoms with van der Waals surface area (Å²) in [6.45, 7) is -0.475. The summed E-state index contributed by atoms with van der Waals surface area (Å²) in [7, 11) is 0. The number of hydrogen-bond donors (Lipinski definition) is 2. The van der Waals surface area contributed by atoms with Gasteiger partial charge in [-0.15, -0.1) is 0 Å². The van der Waals surface area contributed by atoms with Crippen LogP contribution in [0.15, 0.2) is 11.0 Å². The SMILES string of the molecule is O=C(O)Cn1ncc(NC23CC4CC(CC2C4)C3)c(Cl)c1=O. The van der Waals surface area contributed by atoms with Crippen molar-refractivity contribution in [3.63, 3.8) is 0 Å². The van der Waals surface area contributed by atoms with Gasteiger partial charge >= 0.3 is 5.97 Å². The van der Waals surface area contributed by atoms with E-state index in [0.717, 1.165) is 29.4 Å². The predicted octanol–water partition coefficient (Wildman–Crippen LogP) is 1.97. The van der Waals surface area contributed by atoms with Gasteiger partial charge in [0.2, 0.25) is 0 Å². The van der Waals surface area contributed by atoms with Gasteiger partial charge in [0.15, 0.2) is 0 Å². The summed E-state index contributed by atoms with van der Waals surface area (Å²) >= 11 is 6.17. The molecule has 1 aromatic rings. The van der Waals surface area contributed by atoms with Crippen LogP contribution in [-0.4, -0.2) is 26.4 Å². The first-order valence-electron chi connectivity index (χ1n) is 7.72. The third kappa shape index (κ3) is 2.04. The van der Waals surface area contributed by atoms with E-state index in [-0.39, 0.29) is 10.6 Å². The van der Waals surface area contributed by atoms with E-state index < -0.39 is 18.1 Å². The second-order valence-corrected chi connectivity index (χ2v) is 7.43. The summed E-state index contributed by atoms with van der Waals surface area (Å²) in [4.78, 5) is 22.9. The molecule has 0 aliphatic heterocycles. The minimum absolute atomic E-state index is 0.0387. The highest BCUT2D eigenvalue weighted by molar-refractivity contribution is 6.33. The lowest BCUT2D eigenvalue weighted by molar-refractivity contribution is -0.138. The molecule has 0 saturated heterocycles. The van der Waals surface area contributed by atoms with Gasteiger partial charge in [-0.2, -0.15) is 5.10 Å². The molecule has 4 aliphatic carbocycles. The molecule has 6 nitrogen and oxygen atoms in total. The number of anilines is 1. The molecule has 0 radical (unpaired) electrons. The Morgan fingerprint density at radius 1 is 1.41 bits per heavy atom. The Morgan fingerprint density at radius 2 is 2.09 bits per heavy atom. The van der Waals surface area contributed by atoms with E-state index in [1.54, 1.807) is 0 Å². The van der Waals surface area contributed by atoms with Gasteiger partial charge in [-0.05, 0) is 49.9 Å². The Bertz CT molecular complexity index is 688. The molecule has 2 unspecified atom stereocenters. The lowest BCUT2D eigenvalue weighted by Gasteiger charge is -2.35. The van der Waals surface area contributed by atoms with Gasteiger partial charge in [0.05, 0.1) is 11.9 Å². The maximum atomic E-state index is 12.1. The highest BCUT2D eigenvalue weighted by Crippen LogP contribution is 2.61. The summed E-state index contributed by atoms with van der Waals surface area (Å²) in [6, 6.07) is 0. The summed E-state index contributed by atoms with van der Waals surface area (Å²) in [5.41, 5.74) is 0.0503. The van der Waals surface area contributed by atoms with Crippen LogP contribution in [0.1, 0.15) is 32.1 Å². The molecule has 118 valence electrons. The first kappa shape index (κ1) is 14.1. The standard InChI is InChI=1S/C15H18ClN3O3/c16-13-11(6-17-19(14(13)22)7-12(20)21)18-15-4-8-1-9(5-15)3-10(15)2-8/h6,8-10,18H,1-5,7H2,(H,20,21). The number of nitrogens with one attached hydrogen (secondary N) is 1. The molecule has 2 atom stereocenters. The third-order valence-corrected chi connectivity index (χ3v) is 6.01. The van der Waals surface area contributed by atoms with Crippen LogP contribution in [0.4, 0.5) is 5.69 Å². The van der Waals surface area contributed by atoms with E-state index in [0.29, 0.717) is 11.6 Å². The molecule has 0 spiro atoms. The van der Waals surface area contributed by atoms with Crippen molar-refractivity contribution in [1.29, 1.82) is 0 Å². The van der Waals surface area contributed by atoms with E-state index >= 15 is 0 Å². The molecule has 4 bridgehead atoms. The monoisotopic (exact) mass is 323 g/mol. The van der Waals surface area contributed by atoms with Crippen LogP contribution in [-0.2, 0) is 11.3 Å². The number of hydrogen-bond acceptors (Lipinski definition) is 4. The molecule has 2 N–H and O–H groups in total. The molecule has 22 heavy (non-hydrogen) atoms. The number of carboxylic acids is 1. The van der Waals surface area contributed by atoms with Crippen LogP contribution in [0.5, 0.6) is 0 Å². The van der Waals surface area contributed by atoms with Gasteiger partial charge in [0.1, 0.15) is 11.6 Å². The van der Waals surface area contributed by atoms with E-state index in [9.17, 15) is 9.59 Å². The topological polar surface area (TPSA) is 84.2 Å². The average Bonchev–Trinajstić information content (AvgIpc) is 2.83. The number of carbonyl (C=O) groups is 1. The molecular weight excluding hydrogens is 306 g/mol. The van der Waals surface area contributed by atoms with Crippen molar-refractivity contribution in [2.75, 3.05) is 5.32 Å². The lowest BCUT2D eigenvalue weighted by atomic mass is 9.80. The smallest absolute Gasteiger partial charge is 0.325 e. The highest BCUT2D eigenvalue weighted by atomic mass is 35.5. The molecule has 1 aromatic heterocycles. The van der Waals surface area contributed by atoms with Gasteiger partial charge in [-0.1, -0.05) is 11.6 Å². The Morgan fingerprint density at radius 3 is 2.73 bits per heavy atom. The molecule has 0 aromatic carbocycles. The fourth-order valence-electron chi connectivity index (χ4n) is 5.06. The van der Waals surface area contributed by atoms with Crippen LogP contribution >= 0.6 is 11.6 Å². The Labute approximate surface area is 132 Å². The van der Waals surface area contributed by atoms with Crippen LogP contribution in [0.3, 0.4) is 0 Å². The summed E-state index contributed by atoms with van der Waals surface area (Å²) in [6.07, 6.45) is 7.65. The van der Waals surface area contributed by atoms with Gasteiger partial charge in [0, 0.05) is 5.54 Å². The molecular formula is C15H18ClN3O3. The number of aromatic nitrogens is 2. The number of halogens is 1. The Balaban J connectivity index is 1.63. The number of nitrogens with zero attached hydrogens (tertiary/aromatic N) is 2. The van der Waals surface area contributed by atoms with Gasteiger partial charge in [-0.25, -0.2) is 4.68 Å². The van der Waals surface area contributed by atoms with Crippen molar-refractivity contribution in [2.45, 2.75) is 44.2 Å². The average molecular weight is 324 g/mol. The Kier molecular flexibility index (Phi) is 3.01. The van der Waals surface area contributed by atoms with Crippen LogP contribution in [0, 0.1) is 17.8 Å². The van der Waals surface area contributed by atoms with E-state index in [2.05, 4.69) is 10.4 Å². The summed E-state index contributed by atoms with van der Waals surface area (Å²) in [5.74, 6) is 1.14. The maximum Gasteiger partial charge on any atom is 0.325 e. The maximum absolute atomic E-state index is 12.1. The van der Waals surface area contributed by atoms with Crippen molar-refractivity contribution in [2.24, 2.45) is 17.8 Å². The first-order chi connectivity index (χ1) is 10.5. The minimum atomic E-state index is -1.11. The summed E-state index contributed by atoms with van der Waals surface area (Å²) < 4.78 is 0.881. The van der Waals surface area contributed by atoms with Crippen molar-refractivity contribution in [1.82, 2.24) is 9.78 Å². The minimum Gasteiger partial charge on any atom is -0.480 e. The fourth-order valence-corrected chi connectivity index (χ4v) is 5.26. The van der Waals surface area contributed by atoms with Crippen molar-refractivity contribution in [3.05, 3.63) is 21.6 Å². The number of carboxylic acid groups (broad SMARTS) is 1. The van der Waals surface area contributed by atoms with Crippen molar-refractivity contribution >= 4 is 23.3 Å². The molecule has 0 amide bonds. The third-order valence-electron chi connectivity index (χ3n) is 5.64. The van der Waals surface area contributed by atoms with E-state index in [4.69, 9.17) is 16.7 Å². The number of rotatable bonds is 4. The number of aliphatic carboxylic acids is 1. The molecule has 4 fully saturated rings. The molecule has 4 aliphatic rings. The van der Waals surface area contributed by atoms with Crippen molar-refractivity contribution < 1.29 is 9.90 Å². The molecule has 1 heterocycles. The van der Waals surface area contributed by atoms with E-state index in [1.165, 1.54) is 25.5 Å². The normalized spacial score (nSPS) is 35.0. The quantitative estimate of drug-likeness (QED) is 0.885. The van der Waals surface area contributed by atoms with Crippen LogP contribution in [0.2, 0.25) is 5.02 Å². The zero-order valence-corrected chi connectivity index (χ0v) is 12.8. The van der Waals surface area contributed by atoms with E-state index in [1.807, 2.05) is 0 Å². The van der Waals surface area contributed by atoms with Crippen molar-refractivity contribution in [3.8, 4) is 0 Å². The van der Waals surface area contributed by atoms with Gasteiger partial charge in [-0.3, -0.25) is 9.59 Å². The zero-order valence-electron chi connectivity index (χ0n) is 12.1. The van der Waals surface area contributed by atoms with Crippen LogP contribution in [0.25, 0.3) is 0 Å². The second-order valence-electron chi connectivity index (χ2n) is 7.05. The zero-order chi connectivity index (χ0) is 15.5. The summed E-state index contributed by atoms with van der Waals surface area (Å²) in [5, 5.41) is 16.3. The largest absolute Gasteiger partial charge is 0.480 e. The molecule has 4 saturated carbocycles. The lowest BCUT2D eigenvalue weighted by Crippen LogP contribution is -2.40. The molecule has 5 rings (SSSR count). The Hall–Kier alpha value is -1.56. The van der Waals surface area contributed by atoms with Gasteiger partial charge < -0.3 is 10.4 Å². The highest BCUT2D eigenvalue weighted by Gasteiger charge is 2.57. The van der Waals surface area contributed by atoms with Gasteiger partial charge in [0.25, 0.3) is 5.56 Å². The first-order valence-corrected chi connectivity index (χ1v) is 8.10. The fraction of sp³-hybridized carbons (Fsp3) is 0.667. The second kappa shape index (κ2) is 4.72.